The first-order valence-corrected chi connectivity index (χ1v) is 21.1. The first kappa shape index (κ1) is 55.7. The second-order valence-electron chi connectivity index (χ2n) is 13.6. The number of nitrogens with one attached hydrogen (secondary N) is 2. The summed E-state index contributed by atoms with van der Waals surface area (Å²) in [6, 6.07) is -3.97. The van der Waals surface area contributed by atoms with Gasteiger partial charge in [0.05, 0.1) is 65.0 Å². The van der Waals surface area contributed by atoms with Crippen molar-refractivity contribution in [3.05, 3.63) is 0 Å². The Hall–Kier alpha value is -3.36. The third-order valence-electron chi connectivity index (χ3n) is 8.77. The fourth-order valence-corrected chi connectivity index (χ4v) is 8.18. The van der Waals surface area contributed by atoms with E-state index in [-0.39, 0.29) is 26.2 Å². The molecule has 1 saturated heterocycles. The van der Waals surface area contributed by atoms with Crippen molar-refractivity contribution in [2.24, 2.45) is 0 Å². The van der Waals surface area contributed by atoms with Crippen molar-refractivity contribution in [1.29, 1.82) is 0 Å². The monoisotopic (exact) mass is 933 g/mol. The van der Waals surface area contributed by atoms with Gasteiger partial charge in [0.2, 0.25) is 11.8 Å². The van der Waals surface area contributed by atoms with Crippen LogP contribution in [0.3, 0.4) is 0 Å². The Labute approximate surface area is 344 Å². The van der Waals surface area contributed by atoms with E-state index in [2.05, 4.69) is 5.32 Å². The van der Waals surface area contributed by atoms with E-state index in [1.165, 1.54) is 4.90 Å². The maximum absolute atomic E-state index is 13.4. The lowest BCUT2D eigenvalue weighted by Gasteiger charge is -2.44. The topological polar surface area (TPSA) is 492 Å². The van der Waals surface area contributed by atoms with Crippen molar-refractivity contribution in [2.45, 2.75) is 66.8 Å². The Balaban J connectivity index is 3.34. The van der Waals surface area contributed by atoms with Crippen LogP contribution in [0.25, 0.3) is 0 Å². The first-order valence-electron chi connectivity index (χ1n) is 17.7. The summed E-state index contributed by atoms with van der Waals surface area (Å²) >= 11 is 0. The first-order chi connectivity index (χ1) is 28.1. The maximum Gasteiger partial charge on any atom is 0.341 e. The SMILES string of the molecule is O=C(O)CN(CCN(CC(=O)O)CC(=O)O)CCN(CC(=O)O)CC(=O)N[C@H]1[C@@H](O[C@@H]([C@H](O)[C@H](CO)NC(=O)CC(P(=O)(O)O)P(=O)(O)O)[C@H](O)CO)O[C@H](CO)[C@@H](O)[C@@H]1O. The molecule has 0 radical (unpaired) electrons. The van der Waals surface area contributed by atoms with Gasteiger partial charge in [0.1, 0.15) is 42.7 Å². The van der Waals surface area contributed by atoms with Gasteiger partial charge < -0.3 is 95.9 Å². The summed E-state index contributed by atoms with van der Waals surface area (Å²) in [7, 11) is -11.3. The standard InChI is InChI=1S/C29H53N5O25P2/c35-11-14(30-17(39)5-23(60(52,53)54)61(55,56)57)25(49)28(15(38)12-36)59-29-24(27(51)26(50)16(13-37)58-29)31-18(40)6-33(8-20(43)44)3-1-32(7-19(41)42)2-4-34(9-21(45)46)10-22(47)48/h14-16,23-29,35-38,49-51H,1-13H2,(H,30,39)(H,31,40)(H,41,42)(H,43,44)(H,45,46)(H,47,48)(H2,52,53,54)(H2,55,56,57)/t14-,15+,16+,24+,25+,26+,27+,28+,29+/m0/s1. The molecule has 0 spiro atoms. The van der Waals surface area contributed by atoms with Crippen molar-refractivity contribution in [2.75, 3.05) is 78.7 Å². The van der Waals surface area contributed by atoms with Gasteiger partial charge in [0.25, 0.3) is 0 Å². The molecular formula is C29H53N5O25P2. The van der Waals surface area contributed by atoms with Gasteiger partial charge in [-0.2, -0.15) is 0 Å². The number of carbonyl (C=O) groups is 6. The molecule has 9 atom stereocenters. The number of aliphatic carboxylic acids is 4. The van der Waals surface area contributed by atoms with Crippen LogP contribution in [0.4, 0.5) is 0 Å². The van der Waals surface area contributed by atoms with Crippen molar-refractivity contribution in [1.82, 2.24) is 25.3 Å². The molecule has 0 aromatic heterocycles. The molecule has 2 amide bonds. The van der Waals surface area contributed by atoms with Gasteiger partial charge in [0.15, 0.2) is 11.7 Å². The lowest BCUT2D eigenvalue weighted by Crippen LogP contribution is -2.67. The van der Waals surface area contributed by atoms with Crippen LogP contribution in [0, 0.1) is 0 Å². The third-order valence-corrected chi connectivity index (χ3v) is 12.5. The summed E-state index contributed by atoms with van der Waals surface area (Å²) in [6.45, 7) is -8.58. The normalized spacial score (nSPS) is 21.9. The Morgan fingerprint density at radius 2 is 1.10 bits per heavy atom. The molecule has 0 aliphatic carbocycles. The number of carboxylic acid groups (broad SMARTS) is 4. The second kappa shape index (κ2) is 25.7. The van der Waals surface area contributed by atoms with Crippen LogP contribution in [-0.2, 0) is 47.4 Å². The fourth-order valence-electron chi connectivity index (χ4n) is 5.81. The molecule has 1 aliphatic heterocycles. The van der Waals surface area contributed by atoms with E-state index >= 15 is 0 Å². The van der Waals surface area contributed by atoms with Crippen molar-refractivity contribution >= 4 is 50.9 Å². The molecule has 0 aromatic rings. The summed E-state index contributed by atoms with van der Waals surface area (Å²) in [5.41, 5.74) is 0. The number of aliphatic hydroxyl groups is 7. The molecule has 0 saturated carbocycles. The van der Waals surface area contributed by atoms with Crippen molar-refractivity contribution < 1.29 is 123 Å². The Morgan fingerprint density at radius 3 is 1.51 bits per heavy atom. The summed E-state index contributed by atoms with van der Waals surface area (Å²) in [5, 5.41) is 111. The minimum atomic E-state index is -5.63. The summed E-state index contributed by atoms with van der Waals surface area (Å²) < 4.78 is 34.3. The lowest BCUT2D eigenvalue weighted by atomic mass is 9.96. The van der Waals surface area contributed by atoms with Crippen LogP contribution in [0.1, 0.15) is 6.42 Å². The zero-order valence-corrected chi connectivity index (χ0v) is 33.8. The zero-order chi connectivity index (χ0) is 47.0. The Kier molecular flexibility index (Phi) is 23.4. The molecule has 61 heavy (non-hydrogen) atoms. The Bertz CT molecular complexity index is 1530. The number of rotatable bonds is 30. The minimum Gasteiger partial charge on any atom is -0.480 e. The lowest BCUT2D eigenvalue weighted by molar-refractivity contribution is -0.300. The van der Waals surface area contributed by atoms with E-state index in [4.69, 9.17) is 19.7 Å². The highest BCUT2D eigenvalue weighted by Crippen LogP contribution is 2.61. The van der Waals surface area contributed by atoms with E-state index in [9.17, 15) is 103 Å². The highest BCUT2D eigenvalue weighted by Gasteiger charge is 2.49. The molecule has 17 N–H and O–H groups in total. The Morgan fingerprint density at radius 1 is 0.656 bits per heavy atom. The van der Waals surface area contributed by atoms with Gasteiger partial charge in [-0.05, 0) is 0 Å². The number of amides is 2. The molecular weight excluding hydrogens is 880 g/mol. The molecule has 0 bridgehead atoms. The molecule has 1 heterocycles. The smallest absolute Gasteiger partial charge is 0.341 e. The number of carbonyl (C=O) groups excluding carboxylic acids is 2. The molecule has 354 valence electrons. The number of carboxylic acids is 4. The molecule has 1 rings (SSSR count). The van der Waals surface area contributed by atoms with E-state index in [0.29, 0.717) is 0 Å². The minimum absolute atomic E-state index is 0.233. The number of aliphatic hydroxyl groups excluding tert-OH is 7. The predicted octanol–water partition coefficient (Wildman–Crippen LogP) is -9.20. The van der Waals surface area contributed by atoms with E-state index in [1.54, 1.807) is 0 Å². The number of hydrogen-bond acceptors (Lipinski definition) is 20. The van der Waals surface area contributed by atoms with Crippen LogP contribution < -0.4 is 10.6 Å². The average molecular weight is 934 g/mol. The summed E-state index contributed by atoms with van der Waals surface area (Å²) in [5.74, 6) is -8.33. The van der Waals surface area contributed by atoms with Crippen LogP contribution in [0.2, 0.25) is 0 Å². The quantitative estimate of drug-likeness (QED) is 0.0297. The van der Waals surface area contributed by atoms with Crippen LogP contribution in [0.5, 0.6) is 0 Å². The maximum atomic E-state index is 13.4. The molecule has 0 unspecified atom stereocenters. The van der Waals surface area contributed by atoms with Crippen LogP contribution >= 0.6 is 15.2 Å². The highest BCUT2D eigenvalue weighted by molar-refractivity contribution is 7.70. The highest BCUT2D eigenvalue weighted by atomic mass is 31.2. The van der Waals surface area contributed by atoms with E-state index < -0.39 is 170 Å². The molecule has 0 aromatic carbocycles. The summed E-state index contributed by atoms with van der Waals surface area (Å²) in [6.07, 6.45) is -16.3. The van der Waals surface area contributed by atoms with E-state index in [1.807, 2.05) is 5.32 Å². The number of ether oxygens (including phenoxy) is 2. The van der Waals surface area contributed by atoms with E-state index in [0.717, 1.165) is 9.80 Å². The second-order valence-corrected chi connectivity index (χ2v) is 17.6. The molecule has 1 aliphatic rings. The van der Waals surface area contributed by atoms with Gasteiger partial charge in [-0.1, -0.05) is 0 Å². The fraction of sp³-hybridized carbons (Fsp3) is 0.793. The van der Waals surface area contributed by atoms with Gasteiger partial charge in [-0.15, -0.1) is 0 Å². The largest absolute Gasteiger partial charge is 0.480 e. The summed E-state index contributed by atoms with van der Waals surface area (Å²) in [4.78, 5) is 112. The van der Waals surface area contributed by atoms with Crippen molar-refractivity contribution in [3.8, 4) is 0 Å². The molecule has 30 nitrogen and oxygen atoms in total. The van der Waals surface area contributed by atoms with Gasteiger partial charge in [-0.25, -0.2) is 0 Å². The van der Waals surface area contributed by atoms with Gasteiger partial charge in [0, 0.05) is 26.2 Å². The molecule has 1 fully saturated rings. The van der Waals surface area contributed by atoms with Crippen LogP contribution in [0.15, 0.2) is 0 Å². The van der Waals surface area contributed by atoms with Gasteiger partial charge in [-0.3, -0.25) is 52.6 Å². The average Bonchev–Trinajstić information content (AvgIpc) is 3.12. The molecule has 32 heteroatoms. The third kappa shape index (κ3) is 19.7. The van der Waals surface area contributed by atoms with Gasteiger partial charge >= 0.3 is 39.1 Å². The van der Waals surface area contributed by atoms with Crippen molar-refractivity contribution in [3.63, 3.8) is 0 Å². The van der Waals surface area contributed by atoms with Crippen LogP contribution in [-0.4, -0.2) is 265 Å². The zero-order valence-electron chi connectivity index (χ0n) is 32.0. The number of hydrogen-bond donors (Lipinski definition) is 17. The predicted molar refractivity (Wildman–Crippen MR) is 195 cm³/mol. The number of nitrogens with zero attached hydrogens (tertiary/aromatic N) is 3.